The Bertz CT molecular complexity index is 1470. The van der Waals surface area contributed by atoms with Gasteiger partial charge in [0.2, 0.25) is 0 Å². The van der Waals surface area contributed by atoms with E-state index in [1.807, 2.05) is 11.0 Å². The molecule has 2 aromatic rings. The Morgan fingerprint density at radius 1 is 0.857 bits per heavy atom. The van der Waals surface area contributed by atoms with Gasteiger partial charge in [-0.1, -0.05) is 0 Å². The number of carboxylic acid groups (broad SMARTS) is 2. The third-order valence-corrected chi connectivity index (χ3v) is 5.78. The van der Waals surface area contributed by atoms with Crippen LogP contribution in [0.4, 0.5) is 26.3 Å². The number of nitrogens with zero attached hydrogens (tertiary/aromatic N) is 2. The van der Waals surface area contributed by atoms with Crippen molar-refractivity contribution in [3.05, 3.63) is 53.6 Å². The molecule has 8 N–H and O–H groups in total. The Balaban J connectivity index is 0.000000717. The van der Waals surface area contributed by atoms with Crippen molar-refractivity contribution in [3.8, 4) is 23.3 Å². The standard InChI is InChI=1S/C24H28N6O5.2C2HF3O2/c25-9-12-32-20-6-3-17(22(26)27)15-21(20)33-13-14-34-23(31)16-1-4-18(5-2-16)35-19-7-10-30(11-8-19)24(28)29;2*3-2(4,5)1(6)7/h1-6,15,19H,7-8,10-14H2,(H3,26,27)(H3,28,29);2*(H,6,7). The summed E-state index contributed by atoms with van der Waals surface area (Å²) in [6, 6.07) is 13.3. The number of hydrogen-bond acceptors (Lipinski definition) is 10. The second-order valence-electron chi connectivity index (χ2n) is 9.33. The molecule has 0 saturated carbocycles. The highest BCUT2D eigenvalue weighted by atomic mass is 19.4. The number of carbonyl (C=O) groups is 3. The smallest absolute Gasteiger partial charge is 0.490 e. The van der Waals surface area contributed by atoms with Gasteiger partial charge in [0, 0.05) is 31.5 Å². The predicted octanol–water partition coefficient (Wildman–Crippen LogP) is 3.11. The first-order valence-electron chi connectivity index (χ1n) is 13.5. The predicted molar refractivity (Wildman–Crippen MR) is 155 cm³/mol. The lowest BCUT2D eigenvalue weighted by Gasteiger charge is -2.32. The van der Waals surface area contributed by atoms with Crippen LogP contribution < -0.4 is 25.7 Å². The van der Waals surface area contributed by atoms with Crippen molar-refractivity contribution in [1.29, 1.82) is 16.1 Å². The van der Waals surface area contributed by atoms with Gasteiger partial charge < -0.3 is 45.5 Å². The lowest BCUT2D eigenvalue weighted by Crippen LogP contribution is -2.44. The van der Waals surface area contributed by atoms with Gasteiger partial charge >= 0.3 is 30.3 Å². The summed E-state index contributed by atoms with van der Waals surface area (Å²) in [6.07, 6.45) is -8.60. The SMILES string of the molecule is N#CCOc1ccc(C(=N)N)cc1OCCOC(=O)c1ccc(OC2CCN(C(=N)N)CC2)cc1.O=C(O)C(F)(F)F.O=C(O)C(F)(F)F. The largest absolute Gasteiger partial charge is 0.490 e. The Morgan fingerprint density at radius 3 is 1.82 bits per heavy atom. The molecule has 49 heavy (non-hydrogen) atoms. The monoisotopic (exact) mass is 708 g/mol. The number of carbonyl (C=O) groups excluding carboxylic acids is 1. The molecule has 1 heterocycles. The summed E-state index contributed by atoms with van der Waals surface area (Å²) < 4.78 is 85.7. The summed E-state index contributed by atoms with van der Waals surface area (Å²) in [6.45, 7) is 1.21. The van der Waals surface area contributed by atoms with Gasteiger partial charge in [-0.25, -0.2) is 14.4 Å². The Hall–Kier alpha value is -5.94. The van der Waals surface area contributed by atoms with Crippen LogP contribution in [0.5, 0.6) is 17.2 Å². The first-order valence-corrected chi connectivity index (χ1v) is 13.5. The Kier molecular flexibility index (Phi) is 15.9. The number of benzene rings is 2. The van der Waals surface area contributed by atoms with Crippen LogP contribution in [0, 0.1) is 22.1 Å². The third kappa shape index (κ3) is 15.5. The van der Waals surface area contributed by atoms with E-state index < -0.39 is 30.3 Å². The number of piperidine rings is 1. The van der Waals surface area contributed by atoms with Crippen LogP contribution in [0.25, 0.3) is 0 Å². The van der Waals surface area contributed by atoms with Crippen molar-refractivity contribution >= 4 is 29.7 Å². The maximum absolute atomic E-state index is 12.3. The molecule has 3 rings (SSSR count). The first-order chi connectivity index (χ1) is 22.8. The van der Waals surface area contributed by atoms with E-state index >= 15 is 0 Å². The van der Waals surface area contributed by atoms with Crippen molar-refractivity contribution in [3.63, 3.8) is 0 Å². The van der Waals surface area contributed by atoms with Gasteiger partial charge in [0.25, 0.3) is 0 Å². The zero-order chi connectivity index (χ0) is 37.4. The molecule has 1 fully saturated rings. The number of carboxylic acids is 2. The van der Waals surface area contributed by atoms with Crippen LogP contribution in [0.3, 0.4) is 0 Å². The number of halogens is 6. The minimum absolute atomic E-state index is 0.0200. The number of amidine groups is 1. The lowest BCUT2D eigenvalue weighted by molar-refractivity contribution is -0.193. The number of nitriles is 1. The molecule has 0 aliphatic carbocycles. The average molecular weight is 709 g/mol. The molecule has 1 aliphatic rings. The molecular formula is C28H30F6N6O9. The molecule has 15 nitrogen and oxygen atoms in total. The van der Waals surface area contributed by atoms with Crippen molar-refractivity contribution < 1.29 is 69.9 Å². The summed E-state index contributed by atoms with van der Waals surface area (Å²) in [5.41, 5.74) is 11.8. The average Bonchev–Trinajstić information content (AvgIpc) is 3.02. The van der Waals surface area contributed by atoms with Crippen molar-refractivity contribution in [2.24, 2.45) is 11.5 Å². The van der Waals surface area contributed by atoms with Gasteiger partial charge in [-0.15, -0.1) is 0 Å². The van der Waals surface area contributed by atoms with Gasteiger partial charge in [-0.05, 0) is 42.5 Å². The van der Waals surface area contributed by atoms with E-state index in [0.29, 0.717) is 41.5 Å². The minimum atomic E-state index is -5.08. The molecule has 21 heteroatoms. The summed E-state index contributed by atoms with van der Waals surface area (Å²) in [4.78, 5) is 31.9. The summed E-state index contributed by atoms with van der Waals surface area (Å²) in [5.74, 6) is -4.81. The minimum Gasteiger partial charge on any atom is -0.490 e. The molecule has 1 aliphatic heterocycles. The molecule has 0 amide bonds. The molecule has 1 saturated heterocycles. The number of ether oxygens (including phenoxy) is 4. The second kappa shape index (κ2) is 19.0. The van der Waals surface area contributed by atoms with Crippen LogP contribution >= 0.6 is 0 Å². The van der Waals surface area contributed by atoms with Crippen LogP contribution in [0.1, 0.15) is 28.8 Å². The third-order valence-electron chi connectivity index (χ3n) is 5.78. The van der Waals surface area contributed by atoms with Crippen LogP contribution in [-0.4, -0.2) is 96.2 Å². The zero-order valence-electron chi connectivity index (χ0n) is 25.1. The topological polar surface area (TPSA) is 255 Å². The first kappa shape index (κ1) is 41.1. The normalized spacial score (nSPS) is 12.8. The number of hydrogen-bond donors (Lipinski definition) is 6. The Labute approximate surface area is 273 Å². The molecule has 0 spiro atoms. The highest BCUT2D eigenvalue weighted by Crippen LogP contribution is 2.28. The van der Waals surface area contributed by atoms with Gasteiger partial charge in [0.1, 0.15) is 37.0 Å². The van der Waals surface area contributed by atoms with E-state index in [4.69, 9.17) is 66.3 Å². The highest BCUT2D eigenvalue weighted by Gasteiger charge is 2.38. The van der Waals surface area contributed by atoms with Gasteiger partial charge in [0.05, 0.1) is 5.56 Å². The molecule has 0 bridgehead atoms. The molecular weight excluding hydrogens is 678 g/mol. The number of alkyl halides is 6. The Morgan fingerprint density at radius 2 is 1.37 bits per heavy atom. The van der Waals surface area contributed by atoms with E-state index in [1.165, 1.54) is 6.07 Å². The van der Waals surface area contributed by atoms with E-state index in [9.17, 15) is 31.1 Å². The number of guanidine groups is 1. The molecule has 268 valence electrons. The van der Waals surface area contributed by atoms with Gasteiger partial charge in [-0.2, -0.15) is 31.6 Å². The fourth-order valence-electron chi connectivity index (χ4n) is 3.46. The van der Waals surface area contributed by atoms with E-state index in [0.717, 1.165) is 12.8 Å². The highest BCUT2D eigenvalue weighted by molar-refractivity contribution is 5.95. The summed E-state index contributed by atoms with van der Waals surface area (Å²) >= 11 is 0. The summed E-state index contributed by atoms with van der Waals surface area (Å²) in [7, 11) is 0. The number of nitrogens with one attached hydrogen (secondary N) is 2. The molecule has 0 radical (unpaired) electrons. The quantitative estimate of drug-likeness (QED) is 0.0683. The van der Waals surface area contributed by atoms with Crippen molar-refractivity contribution in [1.82, 2.24) is 4.90 Å². The van der Waals surface area contributed by atoms with Gasteiger partial charge in [0.15, 0.2) is 24.1 Å². The van der Waals surface area contributed by atoms with E-state index in [1.54, 1.807) is 36.4 Å². The van der Waals surface area contributed by atoms with Crippen LogP contribution in [0.15, 0.2) is 42.5 Å². The number of nitrogen functional groups attached to an aromatic ring is 1. The second-order valence-corrected chi connectivity index (χ2v) is 9.33. The lowest BCUT2D eigenvalue weighted by atomic mass is 10.1. The molecule has 0 unspecified atom stereocenters. The molecule has 0 aromatic heterocycles. The van der Waals surface area contributed by atoms with Crippen LogP contribution in [0.2, 0.25) is 0 Å². The molecule has 0 atom stereocenters. The van der Waals surface area contributed by atoms with Crippen molar-refractivity contribution in [2.75, 3.05) is 32.9 Å². The number of rotatable bonds is 10. The fraction of sp³-hybridized carbons (Fsp3) is 0.357. The number of nitrogens with two attached hydrogens (primary N) is 2. The van der Waals surface area contributed by atoms with E-state index in [-0.39, 0.29) is 37.7 Å². The zero-order valence-corrected chi connectivity index (χ0v) is 25.1. The molecule has 2 aromatic carbocycles. The maximum atomic E-state index is 12.3. The summed E-state index contributed by atoms with van der Waals surface area (Å²) in [5, 5.41) is 38.0. The number of esters is 1. The fourth-order valence-corrected chi connectivity index (χ4v) is 3.46. The van der Waals surface area contributed by atoms with E-state index in [2.05, 4.69) is 0 Å². The van der Waals surface area contributed by atoms with Gasteiger partial charge in [-0.3, -0.25) is 10.8 Å². The maximum Gasteiger partial charge on any atom is 0.490 e. The van der Waals surface area contributed by atoms with Crippen LogP contribution in [-0.2, 0) is 14.3 Å². The number of aliphatic carboxylic acids is 2. The number of likely N-dealkylation sites (tertiary alicyclic amines) is 1. The van der Waals surface area contributed by atoms with Crippen molar-refractivity contribution in [2.45, 2.75) is 31.3 Å².